The Hall–Kier alpha value is -1.94. The first kappa shape index (κ1) is 16.5. The van der Waals surface area contributed by atoms with Crippen LogP contribution in [0.4, 0.5) is 8.78 Å². The van der Waals surface area contributed by atoms with E-state index < -0.39 is 0 Å². The van der Waals surface area contributed by atoms with Gasteiger partial charge >= 0.3 is 0 Å². The minimum atomic E-state index is -0.282. The summed E-state index contributed by atoms with van der Waals surface area (Å²) in [4.78, 5) is 0. The lowest BCUT2D eigenvalue weighted by Crippen LogP contribution is -2.44. The summed E-state index contributed by atoms with van der Waals surface area (Å²) in [7, 11) is 0. The van der Waals surface area contributed by atoms with Crippen molar-refractivity contribution in [1.82, 2.24) is 5.32 Å². The summed E-state index contributed by atoms with van der Waals surface area (Å²) in [5, 5.41) is 3.34. The van der Waals surface area contributed by atoms with Gasteiger partial charge in [0.1, 0.15) is 5.82 Å². The fraction of sp³-hybridized carbons (Fsp3) is 0.429. The maximum absolute atomic E-state index is 14.5. The molecule has 0 aliphatic heterocycles. The third-order valence-corrected chi connectivity index (χ3v) is 5.40. The summed E-state index contributed by atoms with van der Waals surface area (Å²) in [6.45, 7) is 1.07. The van der Waals surface area contributed by atoms with Gasteiger partial charge in [-0.1, -0.05) is 36.8 Å². The van der Waals surface area contributed by atoms with Gasteiger partial charge in [0.15, 0.2) is 11.6 Å². The van der Waals surface area contributed by atoms with E-state index in [9.17, 15) is 8.78 Å². The molecule has 2 aliphatic carbocycles. The fourth-order valence-electron chi connectivity index (χ4n) is 3.62. The zero-order valence-corrected chi connectivity index (χ0v) is 14.2. The molecule has 1 N–H and O–H groups in total. The Bertz CT molecular complexity index is 753. The molecule has 2 aromatic carbocycles. The normalized spacial score (nSPS) is 18.6. The van der Waals surface area contributed by atoms with E-state index >= 15 is 0 Å². The Balaban J connectivity index is 1.42. The number of benzene rings is 2. The Morgan fingerprint density at radius 2 is 1.84 bits per heavy atom. The van der Waals surface area contributed by atoms with Gasteiger partial charge in [-0.05, 0) is 43.4 Å². The fourth-order valence-corrected chi connectivity index (χ4v) is 3.62. The first-order valence-electron chi connectivity index (χ1n) is 9.08. The Labute approximate surface area is 147 Å². The molecule has 132 valence electrons. The molecule has 0 saturated heterocycles. The van der Waals surface area contributed by atoms with Crippen LogP contribution in [0.2, 0.25) is 0 Å². The van der Waals surface area contributed by atoms with Crippen molar-refractivity contribution >= 4 is 0 Å². The van der Waals surface area contributed by atoms with Gasteiger partial charge in [0.05, 0.1) is 6.10 Å². The average molecular weight is 343 g/mol. The van der Waals surface area contributed by atoms with Gasteiger partial charge in [0.25, 0.3) is 0 Å². The van der Waals surface area contributed by atoms with Gasteiger partial charge in [-0.2, -0.15) is 0 Å². The summed E-state index contributed by atoms with van der Waals surface area (Å²) < 4.78 is 34.3. The SMILES string of the molecule is Fc1ccccc1C1(CNCc2cccc(OC3CC3)c2F)CCC1. The molecule has 0 spiro atoms. The van der Waals surface area contributed by atoms with Crippen LogP contribution in [-0.2, 0) is 12.0 Å². The highest BCUT2D eigenvalue weighted by atomic mass is 19.1. The van der Waals surface area contributed by atoms with Crippen LogP contribution in [0.15, 0.2) is 42.5 Å². The third kappa shape index (κ3) is 3.40. The molecule has 2 nitrogen and oxygen atoms in total. The van der Waals surface area contributed by atoms with Crippen LogP contribution in [-0.4, -0.2) is 12.6 Å². The van der Waals surface area contributed by atoms with Gasteiger partial charge in [-0.3, -0.25) is 0 Å². The monoisotopic (exact) mass is 343 g/mol. The summed E-state index contributed by atoms with van der Waals surface area (Å²) in [6, 6.07) is 12.3. The smallest absolute Gasteiger partial charge is 0.169 e. The Morgan fingerprint density at radius 1 is 1.04 bits per heavy atom. The predicted molar refractivity (Wildman–Crippen MR) is 93.7 cm³/mol. The molecule has 25 heavy (non-hydrogen) atoms. The summed E-state index contributed by atoms with van der Waals surface area (Å²) in [5.74, 6) is -0.0836. The molecular formula is C21H23F2NO. The highest BCUT2D eigenvalue weighted by Gasteiger charge is 2.40. The van der Waals surface area contributed by atoms with E-state index in [4.69, 9.17) is 4.74 Å². The molecule has 2 fully saturated rings. The van der Waals surface area contributed by atoms with Crippen molar-refractivity contribution in [3.8, 4) is 5.75 Å². The largest absolute Gasteiger partial charge is 0.487 e. The van der Waals surface area contributed by atoms with Crippen molar-refractivity contribution in [3.63, 3.8) is 0 Å². The first-order valence-corrected chi connectivity index (χ1v) is 9.08. The van der Waals surface area contributed by atoms with E-state index in [1.54, 1.807) is 18.2 Å². The number of rotatable bonds is 7. The third-order valence-electron chi connectivity index (χ3n) is 5.40. The zero-order valence-electron chi connectivity index (χ0n) is 14.2. The molecule has 0 atom stereocenters. The highest BCUT2D eigenvalue weighted by Crippen LogP contribution is 2.44. The maximum Gasteiger partial charge on any atom is 0.169 e. The molecule has 2 saturated carbocycles. The minimum absolute atomic E-state index is 0.144. The van der Waals surface area contributed by atoms with E-state index in [0.29, 0.717) is 24.4 Å². The quantitative estimate of drug-likeness (QED) is 0.785. The van der Waals surface area contributed by atoms with Crippen LogP contribution in [0.1, 0.15) is 43.2 Å². The van der Waals surface area contributed by atoms with E-state index in [-0.39, 0.29) is 23.2 Å². The van der Waals surface area contributed by atoms with Crippen molar-refractivity contribution in [2.45, 2.75) is 50.2 Å². The molecule has 2 aromatic rings. The van der Waals surface area contributed by atoms with E-state index in [1.165, 1.54) is 6.07 Å². The second kappa shape index (κ2) is 6.75. The summed E-state index contributed by atoms with van der Waals surface area (Å²) in [5.41, 5.74) is 1.21. The minimum Gasteiger partial charge on any atom is -0.487 e. The van der Waals surface area contributed by atoms with E-state index in [1.807, 2.05) is 18.2 Å². The molecule has 4 heteroatoms. The number of hydrogen-bond acceptors (Lipinski definition) is 2. The van der Waals surface area contributed by atoms with Crippen molar-refractivity contribution in [2.24, 2.45) is 0 Å². The number of hydrogen-bond donors (Lipinski definition) is 1. The zero-order chi connectivity index (χ0) is 17.3. The lowest BCUT2D eigenvalue weighted by molar-refractivity contribution is 0.225. The van der Waals surface area contributed by atoms with Crippen molar-refractivity contribution in [2.75, 3.05) is 6.54 Å². The summed E-state index contributed by atoms with van der Waals surface area (Å²) >= 11 is 0. The first-order chi connectivity index (χ1) is 12.2. The second-order valence-electron chi connectivity index (χ2n) is 7.26. The van der Waals surface area contributed by atoms with Crippen molar-refractivity contribution < 1.29 is 13.5 Å². The molecule has 0 radical (unpaired) electrons. The molecule has 4 rings (SSSR count). The van der Waals surface area contributed by atoms with Gasteiger partial charge in [-0.15, -0.1) is 0 Å². The number of halogens is 2. The summed E-state index contributed by atoms with van der Waals surface area (Å²) in [6.07, 6.45) is 5.23. The van der Waals surface area contributed by atoms with Crippen LogP contribution >= 0.6 is 0 Å². The van der Waals surface area contributed by atoms with Gasteiger partial charge in [-0.25, -0.2) is 8.78 Å². The molecule has 0 heterocycles. The number of nitrogens with one attached hydrogen (secondary N) is 1. The van der Waals surface area contributed by atoms with Crippen LogP contribution < -0.4 is 10.1 Å². The maximum atomic E-state index is 14.5. The molecule has 0 bridgehead atoms. The van der Waals surface area contributed by atoms with Crippen LogP contribution in [0.3, 0.4) is 0 Å². The molecule has 0 unspecified atom stereocenters. The topological polar surface area (TPSA) is 21.3 Å². The van der Waals surface area contributed by atoms with Crippen LogP contribution in [0.5, 0.6) is 5.75 Å². The van der Waals surface area contributed by atoms with Crippen LogP contribution in [0.25, 0.3) is 0 Å². The van der Waals surface area contributed by atoms with E-state index in [0.717, 1.165) is 37.7 Å². The van der Waals surface area contributed by atoms with E-state index in [2.05, 4.69) is 5.32 Å². The predicted octanol–water partition coefficient (Wildman–Crippen LogP) is 4.72. The Kier molecular flexibility index (Phi) is 4.46. The van der Waals surface area contributed by atoms with Gasteiger partial charge in [0, 0.05) is 24.1 Å². The second-order valence-corrected chi connectivity index (χ2v) is 7.26. The van der Waals surface area contributed by atoms with Gasteiger partial charge in [0.2, 0.25) is 0 Å². The van der Waals surface area contributed by atoms with Crippen molar-refractivity contribution in [3.05, 3.63) is 65.2 Å². The molecule has 0 amide bonds. The highest BCUT2D eigenvalue weighted by molar-refractivity contribution is 5.32. The lowest BCUT2D eigenvalue weighted by Gasteiger charge is -2.43. The standard InChI is InChI=1S/C21H23F2NO/c22-18-7-2-1-6-17(18)21(11-4-12-21)14-24-13-15-5-3-8-19(20(15)23)25-16-9-10-16/h1-3,5-8,16,24H,4,9-14H2. The Morgan fingerprint density at radius 3 is 2.52 bits per heavy atom. The molecule has 2 aliphatic rings. The lowest BCUT2D eigenvalue weighted by atomic mass is 9.64. The molecular weight excluding hydrogens is 320 g/mol. The number of ether oxygens (including phenoxy) is 1. The van der Waals surface area contributed by atoms with Crippen LogP contribution in [0, 0.1) is 11.6 Å². The average Bonchev–Trinajstić information content (AvgIpc) is 3.38. The van der Waals surface area contributed by atoms with Gasteiger partial charge < -0.3 is 10.1 Å². The molecule has 0 aromatic heterocycles. The van der Waals surface area contributed by atoms with Crippen molar-refractivity contribution in [1.29, 1.82) is 0 Å².